The van der Waals surface area contributed by atoms with Crippen molar-refractivity contribution < 1.29 is 28.3 Å². The molecule has 1 aromatic carbocycles. The number of oxazole rings is 1. The van der Waals surface area contributed by atoms with Gasteiger partial charge in [0.2, 0.25) is 11.8 Å². The van der Waals surface area contributed by atoms with Gasteiger partial charge in [0.25, 0.3) is 17.7 Å². The van der Waals surface area contributed by atoms with E-state index in [-0.39, 0.29) is 53.7 Å². The molecule has 0 saturated heterocycles. The average Bonchev–Trinajstić information content (AvgIpc) is 3.75. The Hall–Kier alpha value is -4.72. The maximum atomic E-state index is 13.9. The van der Waals surface area contributed by atoms with Crippen molar-refractivity contribution >= 4 is 45.9 Å². The second kappa shape index (κ2) is 13.3. The molecule has 244 valence electrons. The Balaban J connectivity index is 1.52. The van der Waals surface area contributed by atoms with Gasteiger partial charge in [-0.25, -0.2) is 9.97 Å². The summed E-state index contributed by atoms with van der Waals surface area (Å²) in [7, 11) is 1.57. The largest absolute Gasteiger partial charge is 0.497 e. The molecule has 0 fully saturated rings. The number of aromatic amines is 1. The number of methoxy groups -OCH3 is 1. The van der Waals surface area contributed by atoms with Crippen molar-refractivity contribution in [2.45, 2.75) is 59.7 Å². The van der Waals surface area contributed by atoms with E-state index in [1.54, 1.807) is 38.5 Å². The van der Waals surface area contributed by atoms with Crippen LogP contribution in [0.25, 0.3) is 10.9 Å². The van der Waals surface area contributed by atoms with Crippen molar-refractivity contribution in [3.63, 3.8) is 0 Å². The van der Waals surface area contributed by atoms with E-state index in [1.807, 2.05) is 39.8 Å². The molecule has 3 aromatic heterocycles. The van der Waals surface area contributed by atoms with Gasteiger partial charge in [-0.3, -0.25) is 19.2 Å². The molecule has 3 atom stereocenters. The van der Waals surface area contributed by atoms with Gasteiger partial charge in [0.05, 0.1) is 19.7 Å². The smallest absolute Gasteiger partial charge is 0.273 e. The van der Waals surface area contributed by atoms with Gasteiger partial charge in [-0.1, -0.05) is 27.7 Å². The topological polar surface area (TPSA) is 172 Å². The summed E-state index contributed by atoms with van der Waals surface area (Å²) in [5, 5.41) is 11.8. The van der Waals surface area contributed by atoms with Crippen LogP contribution in [0, 0.1) is 18.8 Å². The van der Waals surface area contributed by atoms with E-state index in [2.05, 4.69) is 30.9 Å². The molecule has 5 rings (SSSR count). The van der Waals surface area contributed by atoms with Crippen molar-refractivity contribution in [2.75, 3.05) is 20.2 Å². The molecule has 1 aliphatic heterocycles. The fraction of sp³-hybridized carbons (Fsp3) is 0.438. The van der Waals surface area contributed by atoms with Crippen molar-refractivity contribution in [3.05, 3.63) is 63.4 Å². The third-order valence-corrected chi connectivity index (χ3v) is 8.73. The van der Waals surface area contributed by atoms with Crippen LogP contribution in [0.2, 0.25) is 0 Å². The van der Waals surface area contributed by atoms with E-state index in [9.17, 15) is 19.2 Å². The molecule has 4 aromatic rings. The van der Waals surface area contributed by atoms with Crippen molar-refractivity contribution in [1.29, 1.82) is 0 Å². The van der Waals surface area contributed by atoms with E-state index in [1.165, 1.54) is 16.2 Å². The first-order valence-electron chi connectivity index (χ1n) is 15.1. The normalized spacial score (nSPS) is 19.9. The van der Waals surface area contributed by atoms with Gasteiger partial charge in [0.15, 0.2) is 5.69 Å². The van der Waals surface area contributed by atoms with E-state index in [0.29, 0.717) is 10.8 Å². The van der Waals surface area contributed by atoms with E-state index < -0.39 is 41.8 Å². The molecule has 0 spiro atoms. The fourth-order valence-electron chi connectivity index (χ4n) is 5.34. The summed E-state index contributed by atoms with van der Waals surface area (Å²) in [6.07, 6.45) is 0. The Bertz CT molecular complexity index is 1770. The Morgan fingerprint density at radius 1 is 1.02 bits per heavy atom. The zero-order valence-corrected chi connectivity index (χ0v) is 27.7. The highest BCUT2D eigenvalue weighted by Crippen LogP contribution is 2.28. The molecule has 0 unspecified atom stereocenters. The number of fused-ring (bicyclic) bond motifs is 5. The number of carbonyl (C=O) groups excluding carboxylic acids is 4. The molecule has 1 aliphatic rings. The second-order valence-electron chi connectivity index (χ2n) is 12.2. The summed E-state index contributed by atoms with van der Waals surface area (Å²) in [6.45, 7) is 10.8. The van der Waals surface area contributed by atoms with Gasteiger partial charge in [-0.05, 0) is 49.9 Å². The number of carbonyl (C=O) groups is 4. The number of hydrogen-bond acceptors (Lipinski definition) is 9. The number of hydrogen-bond donors (Lipinski definition) is 4. The summed E-state index contributed by atoms with van der Waals surface area (Å²) >= 11 is 1.27. The van der Waals surface area contributed by atoms with Crippen LogP contribution in [0.1, 0.15) is 94.8 Å². The van der Waals surface area contributed by atoms with E-state index in [4.69, 9.17) is 9.15 Å². The molecule has 0 radical (unpaired) electrons. The number of nitrogens with one attached hydrogen (secondary N) is 4. The van der Waals surface area contributed by atoms with Crippen LogP contribution in [0.3, 0.4) is 0 Å². The lowest BCUT2D eigenvalue weighted by Crippen LogP contribution is -2.48. The lowest BCUT2D eigenvalue weighted by Gasteiger charge is -2.27. The Labute approximate surface area is 270 Å². The summed E-state index contributed by atoms with van der Waals surface area (Å²) < 4.78 is 11.2. The van der Waals surface area contributed by atoms with Gasteiger partial charge in [0, 0.05) is 28.9 Å². The monoisotopic (exact) mass is 649 g/mol. The van der Waals surface area contributed by atoms with Gasteiger partial charge in [-0.2, -0.15) is 0 Å². The van der Waals surface area contributed by atoms with Crippen molar-refractivity contribution in [3.8, 4) is 5.75 Å². The lowest BCUT2D eigenvalue weighted by atomic mass is 10.0. The van der Waals surface area contributed by atoms with Gasteiger partial charge >= 0.3 is 0 Å². The third-order valence-electron chi connectivity index (χ3n) is 7.80. The number of amides is 4. The maximum Gasteiger partial charge on any atom is 0.273 e. The first kappa shape index (κ1) is 32.7. The second-order valence-corrected chi connectivity index (χ2v) is 13.1. The van der Waals surface area contributed by atoms with Gasteiger partial charge in [-0.15, -0.1) is 11.3 Å². The molecular formula is C32H39N7O6S. The minimum atomic E-state index is -0.626. The standard InChI is InChI=1S/C32H39N7O6S/c1-15(2)25-30-38-27(18(6)45-30)29(42)33-17(5)12-39(32(43)22-11-19-10-20(44-7)8-9-21(19)34-22)13-24(40)36-26(16(3)4)31-35-23(14-46-31)28(41)37-25/h8-11,14-17,25-26,34H,12-13H2,1-7H3,(H,33,42)(H,36,40)(H,37,41)/t17-,25-,26+/m1/s1. The van der Waals surface area contributed by atoms with Crippen LogP contribution in [0.4, 0.5) is 0 Å². The molecule has 46 heavy (non-hydrogen) atoms. The Morgan fingerprint density at radius 2 is 1.76 bits per heavy atom. The molecule has 4 heterocycles. The summed E-state index contributed by atoms with van der Waals surface area (Å²) in [4.78, 5) is 67.7. The molecule has 0 aliphatic carbocycles. The SMILES string of the molecule is COc1ccc2[nH]c(C(=O)N3CC(=O)N[C@@H](C(C)C)c4nc(cs4)C(=O)N[C@H](C(C)C)c4nc(c(C)o4)C(=O)N[C@H](C)C3)cc2c1. The highest BCUT2D eigenvalue weighted by molar-refractivity contribution is 7.09. The minimum Gasteiger partial charge on any atom is -0.497 e. The third kappa shape index (κ3) is 6.91. The van der Waals surface area contributed by atoms with Crippen LogP contribution in [-0.4, -0.2) is 69.7 Å². The number of H-pyrrole nitrogens is 1. The fourth-order valence-corrected chi connectivity index (χ4v) is 6.36. The first-order chi connectivity index (χ1) is 21.8. The number of thiazole rings is 1. The van der Waals surface area contributed by atoms with Gasteiger partial charge < -0.3 is 35.0 Å². The van der Waals surface area contributed by atoms with Crippen LogP contribution >= 0.6 is 11.3 Å². The number of aryl methyl sites for hydroxylation is 1. The molecule has 0 saturated carbocycles. The van der Waals surface area contributed by atoms with Gasteiger partial charge in [0.1, 0.15) is 33.9 Å². The molecule has 4 amide bonds. The minimum absolute atomic E-state index is 0.0266. The zero-order chi connectivity index (χ0) is 33.3. The maximum absolute atomic E-state index is 13.9. The highest BCUT2D eigenvalue weighted by atomic mass is 32.1. The molecule has 4 N–H and O–H groups in total. The molecular weight excluding hydrogens is 610 g/mol. The van der Waals surface area contributed by atoms with E-state index in [0.717, 1.165) is 10.9 Å². The predicted molar refractivity (Wildman–Crippen MR) is 172 cm³/mol. The number of nitrogens with zero attached hydrogens (tertiary/aromatic N) is 3. The number of aromatic nitrogens is 3. The van der Waals surface area contributed by atoms with Crippen LogP contribution in [-0.2, 0) is 4.79 Å². The Kier molecular flexibility index (Phi) is 9.47. The molecule has 13 nitrogen and oxygen atoms in total. The van der Waals surface area contributed by atoms with Crippen LogP contribution < -0.4 is 20.7 Å². The zero-order valence-electron chi connectivity index (χ0n) is 26.9. The van der Waals surface area contributed by atoms with Crippen molar-refractivity contribution in [2.24, 2.45) is 11.8 Å². The van der Waals surface area contributed by atoms with Crippen LogP contribution in [0.5, 0.6) is 5.75 Å². The summed E-state index contributed by atoms with van der Waals surface area (Å²) in [6, 6.07) is 5.41. The quantitative estimate of drug-likeness (QED) is 0.255. The highest BCUT2D eigenvalue weighted by Gasteiger charge is 2.31. The summed E-state index contributed by atoms with van der Waals surface area (Å²) in [5.41, 5.74) is 1.27. The summed E-state index contributed by atoms with van der Waals surface area (Å²) in [5.74, 6) is -0.825. The predicted octanol–water partition coefficient (Wildman–Crippen LogP) is 4.14. The van der Waals surface area contributed by atoms with E-state index >= 15 is 0 Å². The average molecular weight is 650 g/mol. The Morgan fingerprint density at radius 3 is 2.46 bits per heavy atom. The number of benzene rings is 1. The lowest BCUT2D eigenvalue weighted by molar-refractivity contribution is -0.122. The van der Waals surface area contributed by atoms with Crippen molar-refractivity contribution in [1.82, 2.24) is 35.8 Å². The number of ether oxygens (including phenoxy) is 1. The first-order valence-corrected chi connectivity index (χ1v) is 16.0. The molecule has 14 heteroatoms. The van der Waals surface area contributed by atoms with Crippen LogP contribution in [0.15, 0.2) is 34.1 Å². The molecule has 4 bridgehead atoms. The number of rotatable bonds is 4.